The number of benzene rings is 1. The molecular weight excluding hydrogens is 382 g/mol. The molecule has 0 saturated carbocycles. The smallest absolute Gasteiger partial charge is 0.329 e. The van der Waals surface area contributed by atoms with Crippen LogP contribution in [0.25, 0.3) is 0 Å². The normalized spacial score (nSPS) is 13.0. The van der Waals surface area contributed by atoms with Crippen LogP contribution in [-0.2, 0) is 15.3 Å². The Balaban J connectivity index is 1.94. The van der Waals surface area contributed by atoms with Crippen LogP contribution in [0, 0.1) is 0 Å². The van der Waals surface area contributed by atoms with Gasteiger partial charge in [0.1, 0.15) is 16.7 Å². The molecule has 0 spiro atoms. The maximum atomic E-state index is 12.5. The maximum absolute atomic E-state index is 12.5. The van der Waals surface area contributed by atoms with Crippen LogP contribution in [-0.4, -0.2) is 35.8 Å². The van der Waals surface area contributed by atoms with Crippen LogP contribution in [0.5, 0.6) is 0 Å². The molecule has 1 heterocycles. The van der Waals surface area contributed by atoms with E-state index in [0.29, 0.717) is 5.75 Å². The van der Waals surface area contributed by atoms with Gasteiger partial charge in [0, 0.05) is 16.9 Å². The highest BCUT2D eigenvalue weighted by Crippen LogP contribution is 2.20. The number of amides is 1. The number of hydrogen-bond acceptors (Lipinski definition) is 7. The number of carbonyl (C=O) groups excluding carboxylic acids is 2. The Morgan fingerprint density at radius 1 is 1.33 bits per heavy atom. The Morgan fingerprint density at radius 2 is 2.07 bits per heavy atom. The van der Waals surface area contributed by atoms with E-state index in [-0.39, 0.29) is 11.7 Å². The number of nitrogens with zero attached hydrogens (tertiary/aromatic N) is 1. The molecule has 146 valence electrons. The van der Waals surface area contributed by atoms with Crippen molar-refractivity contribution in [3.05, 3.63) is 52.0 Å². The number of nitrogens with two attached hydrogens (primary N) is 1. The van der Waals surface area contributed by atoms with E-state index >= 15 is 0 Å². The SMILES string of the molecule is CCCC(N)c1nc(C(=O)NC(CSCc2ccccc2)C(=O)OC)cs1. The molecule has 2 unspecified atom stereocenters. The molecule has 2 aromatic rings. The Hall–Kier alpha value is -1.90. The van der Waals surface area contributed by atoms with Crippen molar-refractivity contribution in [3.8, 4) is 0 Å². The molecule has 1 amide bonds. The second kappa shape index (κ2) is 11.1. The van der Waals surface area contributed by atoms with Crippen LogP contribution < -0.4 is 11.1 Å². The quantitative estimate of drug-likeness (QED) is 0.588. The van der Waals surface area contributed by atoms with Crippen molar-refractivity contribution in [1.82, 2.24) is 10.3 Å². The standard InChI is InChI=1S/C19H25N3O3S2/c1-3-7-14(20)18-22-15(12-27-18)17(23)21-16(19(24)25-2)11-26-10-13-8-5-4-6-9-13/h4-6,8-9,12,14,16H,3,7,10-11,20H2,1-2H3,(H,21,23). The zero-order valence-electron chi connectivity index (χ0n) is 15.5. The third kappa shape index (κ3) is 6.64. The lowest BCUT2D eigenvalue weighted by Crippen LogP contribution is -2.43. The van der Waals surface area contributed by atoms with Crippen LogP contribution in [0.1, 0.15) is 46.9 Å². The van der Waals surface area contributed by atoms with E-state index in [9.17, 15) is 9.59 Å². The molecule has 27 heavy (non-hydrogen) atoms. The molecule has 8 heteroatoms. The predicted octanol–water partition coefficient (Wildman–Crippen LogP) is 3.15. The molecule has 0 aliphatic heterocycles. The maximum Gasteiger partial charge on any atom is 0.329 e. The van der Waals surface area contributed by atoms with Crippen LogP contribution in [0.15, 0.2) is 35.7 Å². The number of aromatic nitrogens is 1. The van der Waals surface area contributed by atoms with Gasteiger partial charge in [-0.05, 0) is 12.0 Å². The highest BCUT2D eigenvalue weighted by molar-refractivity contribution is 7.98. The monoisotopic (exact) mass is 407 g/mol. The van der Waals surface area contributed by atoms with Crippen molar-refractivity contribution in [1.29, 1.82) is 0 Å². The van der Waals surface area contributed by atoms with Gasteiger partial charge in [0.25, 0.3) is 5.91 Å². The van der Waals surface area contributed by atoms with E-state index in [0.717, 1.165) is 29.2 Å². The Bertz CT molecular complexity index is 737. The van der Waals surface area contributed by atoms with E-state index in [1.807, 2.05) is 30.3 Å². The zero-order chi connectivity index (χ0) is 19.6. The first-order valence-electron chi connectivity index (χ1n) is 8.76. The topological polar surface area (TPSA) is 94.3 Å². The average molecular weight is 408 g/mol. The average Bonchev–Trinajstić information content (AvgIpc) is 3.18. The number of thioether (sulfide) groups is 1. The molecule has 0 bridgehead atoms. The molecule has 3 N–H and O–H groups in total. The summed E-state index contributed by atoms with van der Waals surface area (Å²) in [5.41, 5.74) is 7.49. The van der Waals surface area contributed by atoms with Crippen molar-refractivity contribution >= 4 is 35.0 Å². The molecule has 1 aromatic carbocycles. The minimum absolute atomic E-state index is 0.167. The summed E-state index contributed by atoms with van der Waals surface area (Å²) in [6.07, 6.45) is 1.76. The first kappa shape index (κ1) is 21.4. The largest absolute Gasteiger partial charge is 0.467 e. The summed E-state index contributed by atoms with van der Waals surface area (Å²) in [5.74, 6) is 0.301. The van der Waals surface area contributed by atoms with Gasteiger partial charge in [0.05, 0.1) is 13.2 Å². The van der Waals surface area contributed by atoms with Crippen molar-refractivity contribution in [3.63, 3.8) is 0 Å². The van der Waals surface area contributed by atoms with E-state index in [1.165, 1.54) is 18.4 Å². The summed E-state index contributed by atoms with van der Waals surface area (Å²) in [6.45, 7) is 2.05. The number of hydrogen-bond donors (Lipinski definition) is 2. The van der Waals surface area contributed by atoms with Gasteiger partial charge in [-0.2, -0.15) is 11.8 Å². The predicted molar refractivity (Wildman–Crippen MR) is 110 cm³/mol. The van der Waals surface area contributed by atoms with Crippen LogP contribution in [0.2, 0.25) is 0 Å². The summed E-state index contributed by atoms with van der Waals surface area (Å²) in [7, 11) is 1.31. The molecule has 2 rings (SSSR count). The molecule has 0 fully saturated rings. The molecule has 1 aromatic heterocycles. The minimum Gasteiger partial charge on any atom is -0.467 e. The third-order valence-electron chi connectivity index (χ3n) is 3.86. The molecular formula is C19H25N3O3S2. The Morgan fingerprint density at radius 3 is 2.74 bits per heavy atom. The molecule has 6 nitrogen and oxygen atoms in total. The summed E-state index contributed by atoms with van der Waals surface area (Å²) in [6, 6.07) is 9.05. The second-order valence-electron chi connectivity index (χ2n) is 6.02. The van der Waals surface area contributed by atoms with Gasteiger partial charge in [0.2, 0.25) is 0 Å². The molecule has 0 aliphatic rings. The fourth-order valence-electron chi connectivity index (χ4n) is 2.41. The summed E-state index contributed by atoms with van der Waals surface area (Å²) < 4.78 is 4.82. The van der Waals surface area contributed by atoms with E-state index in [4.69, 9.17) is 10.5 Å². The number of methoxy groups -OCH3 is 1. The number of rotatable bonds is 10. The van der Waals surface area contributed by atoms with E-state index in [2.05, 4.69) is 17.2 Å². The summed E-state index contributed by atoms with van der Waals surface area (Å²) in [4.78, 5) is 28.8. The number of ether oxygens (including phenoxy) is 1. The highest BCUT2D eigenvalue weighted by atomic mass is 32.2. The van der Waals surface area contributed by atoms with Crippen LogP contribution in [0.3, 0.4) is 0 Å². The molecule has 0 saturated heterocycles. The first-order valence-corrected chi connectivity index (χ1v) is 10.8. The van der Waals surface area contributed by atoms with Crippen LogP contribution in [0.4, 0.5) is 0 Å². The number of carbonyl (C=O) groups is 2. The first-order chi connectivity index (χ1) is 13.0. The highest BCUT2D eigenvalue weighted by Gasteiger charge is 2.24. The van der Waals surface area contributed by atoms with Gasteiger partial charge < -0.3 is 15.8 Å². The van der Waals surface area contributed by atoms with Crippen molar-refractivity contribution in [2.24, 2.45) is 5.73 Å². The van der Waals surface area contributed by atoms with Gasteiger partial charge in [-0.1, -0.05) is 43.7 Å². The Labute approximate surface area is 167 Å². The fourth-order valence-corrected chi connectivity index (χ4v) is 4.25. The van der Waals surface area contributed by atoms with E-state index in [1.54, 1.807) is 17.1 Å². The lowest BCUT2D eigenvalue weighted by atomic mass is 10.2. The third-order valence-corrected chi connectivity index (χ3v) is 5.94. The molecule has 0 aliphatic carbocycles. The lowest BCUT2D eigenvalue weighted by molar-refractivity contribution is -0.142. The van der Waals surface area contributed by atoms with Crippen molar-refractivity contribution in [2.75, 3.05) is 12.9 Å². The summed E-state index contributed by atoms with van der Waals surface area (Å²) >= 11 is 2.92. The van der Waals surface area contributed by atoms with Crippen LogP contribution >= 0.6 is 23.1 Å². The summed E-state index contributed by atoms with van der Waals surface area (Å²) in [5, 5.41) is 5.13. The second-order valence-corrected chi connectivity index (χ2v) is 7.94. The lowest BCUT2D eigenvalue weighted by Gasteiger charge is -2.15. The van der Waals surface area contributed by atoms with Gasteiger partial charge in [-0.3, -0.25) is 4.79 Å². The molecule has 0 radical (unpaired) electrons. The number of thiazole rings is 1. The van der Waals surface area contributed by atoms with Gasteiger partial charge in [-0.15, -0.1) is 11.3 Å². The number of esters is 1. The fraction of sp³-hybridized carbons (Fsp3) is 0.421. The minimum atomic E-state index is -0.731. The number of nitrogens with one attached hydrogen (secondary N) is 1. The van der Waals surface area contributed by atoms with Gasteiger partial charge in [-0.25, -0.2) is 9.78 Å². The Kier molecular flexibility index (Phi) is 8.77. The van der Waals surface area contributed by atoms with Gasteiger partial charge >= 0.3 is 5.97 Å². The van der Waals surface area contributed by atoms with Gasteiger partial charge in [0.15, 0.2) is 0 Å². The zero-order valence-corrected chi connectivity index (χ0v) is 17.1. The van der Waals surface area contributed by atoms with Crippen molar-refractivity contribution < 1.29 is 14.3 Å². The van der Waals surface area contributed by atoms with E-state index < -0.39 is 17.9 Å². The molecule has 2 atom stereocenters. The van der Waals surface area contributed by atoms with Crippen molar-refractivity contribution in [2.45, 2.75) is 37.6 Å².